The molecule has 1 fully saturated rings. The van der Waals surface area contributed by atoms with Crippen molar-refractivity contribution in [2.75, 3.05) is 49.5 Å². The molecule has 138 valence electrons. The summed E-state index contributed by atoms with van der Waals surface area (Å²) in [6.45, 7) is 6.36. The van der Waals surface area contributed by atoms with Crippen LogP contribution in [0.1, 0.15) is 6.92 Å². The number of nitrogens with zero attached hydrogens (tertiary/aromatic N) is 2. The second-order valence-electron chi connectivity index (χ2n) is 6.22. The highest BCUT2D eigenvalue weighted by Gasteiger charge is 2.20. The second-order valence-corrected chi connectivity index (χ2v) is 6.63. The van der Waals surface area contributed by atoms with Crippen molar-refractivity contribution in [3.05, 3.63) is 53.6 Å². The molecule has 0 aromatic heterocycles. The Kier molecular flexibility index (Phi) is 6.36. The van der Waals surface area contributed by atoms with Crippen LogP contribution in [0.3, 0.4) is 0 Å². The van der Waals surface area contributed by atoms with Gasteiger partial charge < -0.3 is 15.0 Å². The molecule has 2 aromatic rings. The van der Waals surface area contributed by atoms with Gasteiger partial charge in [-0.05, 0) is 43.3 Å². The lowest BCUT2D eigenvalue weighted by atomic mass is 10.2. The number of hydrogen-bond donors (Lipinski definition) is 1. The minimum Gasteiger partial charge on any atom is -0.494 e. The molecule has 0 radical (unpaired) electrons. The van der Waals surface area contributed by atoms with E-state index in [1.165, 1.54) is 0 Å². The normalized spacial score (nSPS) is 14.9. The van der Waals surface area contributed by atoms with E-state index < -0.39 is 0 Å². The summed E-state index contributed by atoms with van der Waals surface area (Å²) >= 11 is 6.27. The number of para-hydroxylation sites is 1. The number of nitrogens with one attached hydrogen (secondary N) is 1. The Morgan fingerprint density at radius 2 is 1.77 bits per heavy atom. The molecule has 1 amide bonds. The number of piperazine rings is 1. The predicted molar refractivity (Wildman–Crippen MR) is 106 cm³/mol. The molecule has 1 aliphatic rings. The molecule has 1 saturated heterocycles. The highest BCUT2D eigenvalue weighted by atomic mass is 35.5. The standard InChI is InChI=1S/C20H24ClN3O2/c1-2-26-17-9-7-16(8-10-17)22-20(25)15-23-11-13-24(14-12-23)19-6-4-3-5-18(19)21/h3-10H,2,11-15H2,1H3,(H,22,25). The van der Waals surface area contributed by atoms with E-state index >= 15 is 0 Å². The third-order valence-corrected chi connectivity index (χ3v) is 4.70. The Labute approximate surface area is 159 Å². The van der Waals surface area contributed by atoms with Crippen LogP contribution in [0.5, 0.6) is 5.75 Å². The van der Waals surface area contributed by atoms with Crippen molar-refractivity contribution >= 4 is 28.9 Å². The van der Waals surface area contributed by atoms with Crippen LogP contribution in [-0.4, -0.2) is 50.1 Å². The molecule has 6 heteroatoms. The van der Waals surface area contributed by atoms with Gasteiger partial charge in [-0.2, -0.15) is 0 Å². The van der Waals surface area contributed by atoms with Gasteiger partial charge in [-0.25, -0.2) is 0 Å². The molecule has 3 rings (SSSR count). The van der Waals surface area contributed by atoms with E-state index in [-0.39, 0.29) is 5.91 Å². The molecule has 0 saturated carbocycles. The first kappa shape index (κ1) is 18.5. The first-order valence-electron chi connectivity index (χ1n) is 8.90. The molecule has 1 aliphatic heterocycles. The summed E-state index contributed by atoms with van der Waals surface area (Å²) in [4.78, 5) is 16.7. The van der Waals surface area contributed by atoms with Crippen LogP contribution in [0.2, 0.25) is 5.02 Å². The Hall–Kier alpha value is -2.24. The Balaban J connectivity index is 1.46. The van der Waals surface area contributed by atoms with E-state index in [2.05, 4.69) is 15.1 Å². The smallest absolute Gasteiger partial charge is 0.238 e. The first-order chi connectivity index (χ1) is 12.7. The average Bonchev–Trinajstić information content (AvgIpc) is 2.65. The number of ether oxygens (including phenoxy) is 1. The zero-order valence-corrected chi connectivity index (χ0v) is 15.7. The number of hydrogen-bond acceptors (Lipinski definition) is 4. The van der Waals surface area contributed by atoms with Gasteiger partial charge in [0.1, 0.15) is 5.75 Å². The van der Waals surface area contributed by atoms with Crippen molar-refractivity contribution in [1.82, 2.24) is 4.90 Å². The van der Waals surface area contributed by atoms with Crippen LogP contribution >= 0.6 is 11.6 Å². The Morgan fingerprint density at radius 1 is 1.08 bits per heavy atom. The fraction of sp³-hybridized carbons (Fsp3) is 0.350. The van der Waals surface area contributed by atoms with Gasteiger partial charge in [0.2, 0.25) is 5.91 Å². The molecule has 0 atom stereocenters. The minimum atomic E-state index is 0.000327. The van der Waals surface area contributed by atoms with E-state index in [9.17, 15) is 4.79 Å². The maximum atomic E-state index is 12.3. The van der Waals surface area contributed by atoms with Gasteiger partial charge >= 0.3 is 0 Å². The van der Waals surface area contributed by atoms with E-state index in [1.54, 1.807) is 0 Å². The SMILES string of the molecule is CCOc1ccc(NC(=O)CN2CCN(c3ccccc3Cl)CC2)cc1. The van der Waals surface area contributed by atoms with Gasteiger partial charge in [0.25, 0.3) is 0 Å². The van der Waals surface area contributed by atoms with Gasteiger partial charge in [0.05, 0.1) is 23.9 Å². The Bertz CT molecular complexity index is 728. The maximum Gasteiger partial charge on any atom is 0.238 e. The summed E-state index contributed by atoms with van der Waals surface area (Å²) in [6.07, 6.45) is 0. The number of anilines is 2. The fourth-order valence-electron chi connectivity index (χ4n) is 3.06. The predicted octanol–water partition coefficient (Wildman–Crippen LogP) is 3.50. The van der Waals surface area contributed by atoms with Crippen LogP contribution in [0, 0.1) is 0 Å². The molecule has 0 spiro atoms. The highest BCUT2D eigenvalue weighted by molar-refractivity contribution is 6.33. The van der Waals surface area contributed by atoms with Crippen molar-refractivity contribution in [2.45, 2.75) is 6.92 Å². The molecule has 5 nitrogen and oxygen atoms in total. The number of rotatable bonds is 6. The van der Waals surface area contributed by atoms with E-state index in [4.69, 9.17) is 16.3 Å². The number of halogens is 1. The number of carbonyl (C=O) groups is 1. The molecule has 0 unspecified atom stereocenters. The number of carbonyl (C=O) groups excluding carboxylic acids is 1. The van der Waals surface area contributed by atoms with Crippen LogP contribution < -0.4 is 15.0 Å². The fourth-order valence-corrected chi connectivity index (χ4v) is 3.32. The first-order valence-corrected chi connectivity index (χ1v) is 9.28. The maximum absolute atomic E-state index is 12.3. The zero-order chi connectivity index (χ0) is 18.4. The van der Waals surface area contributed by atoms with Crippen LogP contribution in [0.15, 0.2) is 48.5 Å². The molecule has 2 aromatic carbocycles. The summed E-state index contributed by atoms with van der Waals surface area (Å²) in [6, 6.07) is 15.3. The molecule has 0 bridgehead atoms. The summed E-state index contributed by atoms with van der Waals surface area (Å²) in [5.41, 5.74) is 1.85. The molecular formula is C20H24ClN3O2. The average molecular weight is 374 g/mol. The zero-order valence-electron chi connectivity index (χ0n) is 15.0. The monoisotopic (exact) mass is 373 g/mol. The van der Waals surface area contributed by atoms with Gasteiger partial charge in [0.15, 0.2) is 0 Å². The lowest BCUT2D eigenvalue weighted by molar-refractivity contribution is -0.117. The highest BCUT2D eigenvalue weighted by Crippen LogP contribution is 2.26. The van der Waals surface area contributed by atoms with Crippen molar-refractivity contribution < 1.29 is 9.53 Å². The van der Waals surface area contributed by atoms with E-state index in [1.807, 2.05) is 55.5 Å². The second kappa shape index (κ2) is 8.92. The molecule has 0 aliphatic carbocycles. The van der Waals surface area contributed by atoms with Gasteiger partial charge in [-0.15, -0.1) is 0 Å². The lowest BCUT2D eigenvalue weighted by Crippen LogP contribution is -2.48. The van der Waals surface area contributed by atoms with E-state index in [0.29, 0.717) is 13.2 Å². The third kappa shape index (κ3) is 4.90. The summed E-state index contributed by atoms with van der Waals surface area (Å²) in [7, 11) is 0. The van der Waals surface area contributed by atoms with Crippen molar-refractivity contribution in [1.29, 1.82) is 0 Å². The molecule has 1 N–H and O–H groups in total. The minimum absolute atomic E-state index is 0.000327. The third-order valence-electron chi connectivity index (χ3n) is 4.38. The van der Waals surface area contributed by atoms with Crippen molar-refractivity contribution in [2.24, 2.45) is 0 Å². The van der Waals surface area contributed by atoms with Gasteiger partial charge in [0, 0.05) is 31.9 Å². The Morgan fingerprint density at radius 3 is 2.42 bits per heavy atom. The van der Waals surface area contributed by atoms with Crippen LogP contribution in [0.4, 0.5) is 11.4 Å². The summed E-state index contributed by atoms with van der Waals surface area (Å²) in [5.74, 6) is 0.807. The molecule has 1 heterocycles. The topological polar surface area (TPSA) is 44.8 Å². The van der Waals surface area contributed by atoms with Crippen molar-refractivity contribution in [3.63, 3.8) is 0 Å². The number of benzene rings is 2. The lowest BCUT2D eigenvalue weighted by Gasteiger charge is -2.36. The number of amides is 1. The van der Waals surface area contributed by atoms with Crippen LogP contribution in [-0.2, 0) is 4.79 Å². The van der Waals surface area contributed by atoms with Gasteiger partial charge in [-0.1, -0.05) is 23.7 Å². The largest absolute Gasteiger partial charge is 0.494 e. The quantitative estimate of drug-likeness (QED) is 0.841. The molecular weight excluding hydrogens is 350 g/mol. The summed E-state index contributed by atoms with van der Waals surface area (Å²) < 4.78 is 5.41. The van der Waals surface area contributed by atoms with Crippen molar-refractivity contribution in [3.8, 4) is 5.75 Å². The van der Waals surface area contributed by atoms with E-state index in [0.717, 1.165) is 48.3 Å². The molecule has 26 heavy (non-hydrogen) atoms. The van der Waals surface area contributed by atoms with Gasteiger partial charge in [-0.3, -0.25) is 9.69 Å². The van der Waals surface area contributed by atoms with Crippen LogP contribution in [0.25, 0.3) is 0 Å². The summed E-state index contributed by atoms with van der Waals surface area (Å²) in [5, 5.41) is 3.71.